The topological polar surface area (TPSA) is 59.8 Å². The number of hydrogen-bond acceptors (Lipinski definition) is 5. The summed E-state index contributed by atoms with van der Waals surface area (Å²) < 4.78 is 1.91. The molecule has 0 aliphatic rings. The highest BCUT2D eigenvalue weighted by atomic mass is 32.1. The molecular formula is C19H16N4OS2. The SMILES string of the molecule is Cc1nc(-n2cccc2)sc1C(=O)NCc1cccnc1-c1cccs1. The van der Waals surface area contributed by atoms with Gasteiger partial charge in [-0.05, 0) is 42.1 Å². The summed E-state index contributed by atoms with van der Waals surface area (Å²) in [4.78, 5) is 23.4. The summed E-state index contributed by atoms with van der Waals surface area (Å²) in [6, 6.07) is 11.8. The van der Waals surface area contributed by atoms with Crippen molar-refractivity contribution in [1.82, 2.24) is 19.9 Å². The van der Waals surface area contributed by atoms with Gasteiger partial charge in [-0.25, -0.2) is 4.98 Å². The third kappa shape index (κ3) is 3.31. The minimum absolute atomic E-state index is 0.112. The number of thiophene rings is 1. The van der Waals surface area contributed by atoms with E-state index in [1.54, 1.807) is 17.5 Å². The Morgan fingerprint density at radius 3 is 2.81 bits per heavy atom. The fourth-order valence-corrected chi connectivity index (χ4v) is 4.34. The molecule has 130 valence electrons. The maximum atomic E-state index is 12.7. The molecule has 0 bridgehead atoms. The van der Waals surface area contributed by atoms with E-state index in [0.717, 1.165) is 27.0 Å². The lowest BCUT2D eigenvalue weighted by molar-refractivity contribution is 0.0954. The van der Waals surface area contributed by atoms with Gasteiger partial charge in [0, 0.05) is 25.1 Å². The fraction of sp³-hybridized carbons (Fsp3) is 0.105. The van der Waals surface area contributed by atoms with E-state index in [1.807, 2.05) is 65.7 Å². The minimum Gasteiger partial charge on any atom is -0.347 e. The van der Waals surface area contributed by atoms with Crippen LogP contribution in [-0.2, 0) is 6.54 Å². The number of carbonyl (C=O) groups excluding carboxylic acids is 1. The molecule has 0 atom stereocenters. The van der Waals surface area contributed by atoms with Crippen LogP contribution in [0.2, 0.25) is 0 Å². The van der Waals surface area contributed by atoms with Crippen LogP contribution in [0.3, 0.4) is 0 Å². The molecule has 0 aliphatic heterocycles. The van der Waals surface area contributed by atoms with Crippen LogP contribution in [-0.4, -0.2) is 20.4 Å². The lowest BCUT2D eigenvalue weighted by atomic mass is 10.1. The van der Waals surface area contributed by atoms with Gasteiger partial charge < -0.3 is 9.88 Å². The summed E-state index contributed by atoms with van der Waals surface area (Å²) in [7, 11) is 0. The van der Waals surface area contributed by atoms with Crippen molar-refractivity contribution in [2.45, 2.75) is 13.5 Å². The van der Waals surface area contributed by atoms with Crippen LogP contribution in [0.15, 0.2) is 60.4 Å². The lowest BCUT2D eigenvalue weighted by Gasteiger charge is -2.08. The van der Waals surface area contributed by atoms with Gasteiger partial charge in [0.2, 0.25) is 0 Å². The van der Waals surface area contributed by atoms with Gasteiger partial charge in [-0.1, -0.05) is 23.5 Å². The largest absolute Gasteiger partial charge is 0.347 e. The molecule has 4 rings (SSSR count). The van der Waals surface area contributed by atoms with Gasteiger partial charge in [-0.2, -0.15) is 0 Å². The van der Waals surface area contributed by atoms with Crippen LogP contribution in [0.1, 0.15) is 20.9 Å². The van der Waals surface area contributed by atoms with Crippen molar-refractivity contribution in [2.75, 3.05) is 0 Å². The zero-order chi connectivity index (χ0) is 17.9. The highest BCUT2D eigenvalue weighted by molar-refractivity contribution is 7.16. The standard InChI is InChI=1S/C19H16N4OS2/c1-13-17(26-19(22-13)23-9-2-3-10-23)18(24)21-12-14-6-4-8-20-16(14)15-7-5-11-25-15/h2-11H,12H2,1H3,(H,21,24). The number of carbonyl (C=O) groups is 1. The molecule has 0 fully saturated rings. The molecule has 5 nitrogen and oxygen atoms in total. The summed E-state index contributed by atoms with van der Waals surface area (Å²) in [5.41, 5.74) is 2.65. The Kier molecular flexibility index (Phi) is 4.64. The smallest absolute Gasteiger partial charge is 0.263 e. The first kappa shape index (κ1) is 16.7. The molecule has 0 aromatic carbocycles. The highest BCUT2D eigenvalue weighted by Gasteiger charge is 2.16. The first-order valence-electron chi connectivity index (χ1n) is 8.09. The maximum Gasteiger partial charge on any atom is 0.263 e. The summed E-state index contributed by atoms with van der Waals surface area (Å²) >= 11 is 3.03. The van der Waals surface area contributed by atoms with Crippen LogP contribution in [0.4, 0.5) is 0 Å². The number of hydrogen-bond donors (Lipinski definition) is 1. The van der Waals surface area contributed by atoms with Crippen molar-refractivity contribution in [3.8, 4) is 15.7 Å². The first-order valence-corrected chi connectivity index (χ1v) is 9.79. The Balaban J connectivity index is 1.52. The number of thiazole rings is 1. The van der Waals surface area contributed by atoms with Crippen molar-refractivity contribution in [3.05, 3.63) is 76.5 Å². The number of pyridine rings is 1. The molecular weight excluding hydrogens is 364 g/mol. The van der Waals surface area contributed by atoms with Crippen LogP contribution in [0.5, 0.6) is 0 Å². The molecule has 4 aromatic heterocycles. The Morgan fingerprint density at radius 2 is 2.04 bits per heavy atom. The molecule has 0 unspecified atom stereocenters. The van der Waals surface area contributed by atoms with Crippen molar-refractivity contribution < 1.29 is 4.79 Å². The highest BCUT2D eigenvalue weighted by Crippen LogP contribution is 2.26. The molecule has 1 N–H and O–H groups in total. The number of nitrogens with one attached hydrogen (secondary N) is 1. The summed E-state index contributed by atoms with van der Waals surface area (Å²) in [5, 5.41) is 5.82. The number of rotatable bonds is 5. The van der Waals surface area contributed by atoms with Gasteiger partial charge in [0.1, 0.15) is 4.88 Å². The average Bonchev–Trinajstić information content (AvgIpc) is 3.40. The predicted octanol–water partition coefficient (Wildman–Crippen LogP) is 4.30. The number of aromatic nitrogens is 3. The van der Waals surface area contributed by atoms with Crippen molar-refractivity contribution in [2.24, 2.45) is 0 Å². The van der Waals surface area contributed by atoms with E-state index in [-0.39, 0.29) is 5.91 Å². The van der Waals surface area contributed by atoms with Crippen LogP contribution in [0.25, 0.3) is 15.7 Å². The average molecular weight is 380 g/mol. The van der Waals surface area contributed by atoms with Crippen molar-refractivity contribution in [3.63, 3.8) is 0 Å². The predicted molar refractivity (Wildman–Crippen MR) is 105 cm³/mol. The molecule has 1 amide bonds. The molecule has 26 heavy (non-hydrogen) atoms. The Labute approximate surface area is 159 Å². The van der Waals surface area contributed by atoms with Gasteiger partial charge in [-0.3, -0.25) is 9.78 Å². The minimum atomic E-state index is -0.112. The Morgan fingerprint density at radius 1 is 1.19 bits per heavy atom. The Hall–Kier alpha value is -2.77. The molecule has 4 aromatic rings. The van der Waals surface area contributed by atoms with Crippen LogP contribution < -0.4 is 5.32 Å². The molecule has 0 spiro atoms. The summed E-state index contributed by atoms with van der Waals surface area (Å²) in [5.74, 6) is -0.112. The van der Waals surface area contributed by atoms with Crippen LogP contribution >= 0.6 is 22.7 Å². The number of amides is 1. The normalized spacial score (nSPS) is 10.8. The fourth-order valence-electron chi connectivity index (χ4n) is 2.64. The lowest BCUT2D eigenvalue weighted by Crippen LogP contribution is -2.23. The number of aryl methyl sites for hydroxylation is 1. The zero-order valence-electron chi connectivity index (χ0n) is 14.0. The van der Waals surface area contributed by atoms with Crippen molar-refractivity contribution in [1.29, 1.82) is 0 Å². The molecule has 0 saturated heterocycles. The first-order chi connectivity index (χ1) is 12.7. The van der Waals surface area contributed by atoms with E-state index in [0.29, 0.717) is 11.4 Å². The molecule has 0 saturated carbocycles. The van der Waals surface area contributed by atoms with Gasteiger partial charge in [0.05, 0.1) is 16.3 Å². The van der Waals surface area contributed by atoms with Gasteiger partial charge in [-0.15, -0.1) is 11.3 Å². The molecule has 7 heteroatoms. The van der Waals surface area contributed by atoms with E-state index in [2.05, 4.69) is 15.3 Å². The third-order valence-corrected chi connectivity index (χ3v) is 5.95. The van der Waals surface area contributed by atoms with Gasteiger partial charge in [0.15, 0.2) is 5.13 Å². The zero-order valence-corrected chi connectivity index (χ0v) is 15.7. The van der Waals surface area contributed by atoms with Gasteiger partial charge >= 0.3 is 0 Å². The quantitative estimate of drug-likeness (QED) is 0.562. The second-order valence-electron chi connectivity index (χ2n) is 5.67. The second kappa shape index (κ2) is 7.23. The molecule has 0 radical (unpaired) electrons. The summed E-state index contributed by atoms with van der Waals surface area (Å²) in [6.07, 6.45) is 5.61. The maximum absolute atomic E-state index is 12.7. The van der Waals surface area contributed by atoms with E-state index < -0.39 is 0 Å². The second-order valence-corrected chi connectivity index (χ2v) is 7.60. The Bertz CT molecular complexity index is 1020. The van der Waals surface area contributed by atoms with E-state index in [1.165, 1.54) is 11.3 Å². The summed E-state index contributed by atoms with van der Waals surface area (Å²) in [6.45, 7) is 2.29. The molecule has 0 aliphatic carbocycles. The van der Waals surface area contributed by atoms with E-state index >= 15 is 0 Å². The third-order valence-electron chi connectivity index (χ3n) is 3.90. The number of nitrogens with zero attached hydrogens (tertiary/aromatic N) is 3. The van der Waals surface area contributed by atoms with E-state index in [9.17, 15) is 4.79 Å². The monoisotopic (exact) mass is 380 g/mol. The van der Waals surface area contributed by atoms with Gasteiger partial charge in [0.25, 0.3) is 5.91 Å². The van der Waals surface area contributed by atoms with E-state index in [4.69, 9.17) is 0 Å². The molecule has 4 heterocycles. The van der Waals surface area contributed by atoms with Crippen molar-refractivity contribution >= 4 is 28.6 Å². The van der Waals surface area contributed by atoms with Crippen LogP contribution in [0, 0.1) is 6.92 Å².